The van der Waals surface area contributed by atoms with Crippen molar-refractivity contribution in [3.63, 3.8) is 0 Å². The predicted molar refractivity (Wildman–Crippen MR) is 57.8 cm³/mol. The SMILES string of the molecule is C=C(O)/C=C\C(=C)C(C)CCNC. The first-order valence-electron chi connectivity index (χ1n) is 4.47. The van der Waals surface area contributed by atoms with Gasteiger partial charge in [-0.15, -0.1) is 0 Å². The van der Waals surface area contributed by atoms with Crippen LogP contribution in [0.4, 0.5) is 0 Å². The zero-order valence-corrected chi connectivity index (χ0v) is 8.51. The first kappa shape index (κ1) is 12.0. The summed E-state index contributed by atoms with van der Waals surface area (Å²) < 4.78 is 0. The summed E-state index contributed by atoms with van der Waals surface area (Å²) in [6, 6.07) is 0. The van der Waals surface area contributed by atoms with Gasteiger partial charge in [-0.2, -0.15) is 0 Å². The zero-order valence-electron chi connectivity index (χ0n) is 8.51. The number of nitrogens with one attached hydrogen (secondary N) is 1. The smallest absolute Gasteiger partial charge is 0.108 e. The van der Waals surface area contributed by atoms with Crippen molar-refractivity contribution in [3.8, 4) is 0 Å². The zero-order chi connectivity index (χ0) is 10.3. The molecule has 0 aliphatic carbocycles. The molecule has 0 radical (unpaired) electrons. The molecule has 1 atom stereocenters. The Balaban J connectivity index is 3.89. The molecule has 74 valence electrons. The molecule has 2 N–H and O–H groups in total. The van der Waals surface area contributed by atoms with Gasteiger partial charge in [0.15, 0.2) is 0 Å². The average molecular weight is 181 g/mol. The molecule has 0 aromatic heterocycles. The molecule has 0 saturated heterocycles. The highest BCUT2D eigenvalue weighted by atomic mass is 16.3. The van der Waals surface area contributed by atoms with E-state index in [4.69, 9.17) is 5.11 Å². The van der Waals surface area contributed by atoms with Crippen molar-refractivity contribution in [1.29, 1.82) is 0 Å². The second-order valence-corrected chi connectivity index (χ2v) is 3.19. The molecule has 0 rings (SSSR count). The van der Waals surface area contributed by atoms with Crippen molar-refractivity contribution in [2.24, 2.45) is 5.92 Å². The molecule has 0 spiro atoms. The highest BCUT2D eigenvalue weighted by Gasteiger charge is 2.02. The molecule has 0 bridgehead atoms. The minimum atomic E-state index is 0.0713. The minimum Gasteiger partial charge on any atom is -0.509 e. The molecule has 0 aromatic carbocycles. The Kier molecular flexibility index (Phi) is 5.98. The maximum absolute atomic E-state index is 8.82. The van der Waals surface area contributed by atoms with Gasteiger partial charge in [0.2, 0.25) is 0 Å². The van der Waals surface area contributed by atoms with Crippen LogP contribution in [0.25, 0.3) is 0 Å². The summed E-state index contributed by atoms with van der Waals surface area (Å²) in [7, 11) is 1.93. The van der Waals surface area contributed by atoms with Crippen molar-refractivity contribution >= 4 is 0 Å². The number of allylic oxidation sites excluding steroid dienone is 3. The fraction of sp³-hybridized carbons (Fsp3) is 0.455. The molecular formula is C11H19NO. The molecule has 0 saturated carbocycles. The molecule has 0 aliphatic rings. The van der Waals surface area contributed by atoms with Crippen LogP contribution in [-0.4, -0.2) is 18.7 Å². The average Bonchev–Trinajstić information content (AvgIpc) is 2.10. The Morgan fingerprint density at radius 1 is 1.46 bits per heavy atom. The summed E-state index contributed by atoms with van der Waals surface area (Å²) >= 11 is 0. The van der Waals surface area contributed by atoms with Crippen LogP contribution in [-0.2, 0) is 0 Å². The van der Waals surface area contributed by atoms with Gasteiger partial charge in [-0.3, -0.25) is 0 Å². The lowest BCUT2D eigenvalue weighted by molar-refractivity contribution is 0.435. The van der Waals surface area contributed by atoms with E-state index in [0.717, 1.165) is 18.5 Å². The third kappa shape index (κ3) is 6.17. The van der Waals surface area contributed by atoms with Gasteiger partial charge in [-0.05, 0) is 32.0 Å². The van der Waals surface area contributed by atoms with Gasteiger partial charge in [0.1, 0.15) is 5.76 Å². The van der Waals surface area contributed by atoms with Crippen LogP contribution in [0, 0.1) is 5.92 Å². The van der Waals surface area contributed by atoms with Crippen LogP contribution >= 0.6 is 0 Å². The van der Waals surface area contributed by atoms with Crippen LogP contribution in [0.1, 0.15) is 13.3 Å². The Bertz CT molecular complexity index is 206. The highest BCUT2D eigenvalue weighted by Crippen LogP contribution is 2.13. The van der Waals surface area contributed by atoms with E-state index < -0.39 is 0 Å². The largest absolute Gasteiger partial charge is 0.509 e. The molecule has 0 heterocycles. The standard InChI is InChI=1S/C11H19NO/c1-9(5-6-11(3)13)10(2)7-8-12-4/h5-6,10,12-13H,1,3,7-8H2,2,4H3/b6-5-. The maximum atomic E-state index is 8.82. The van der Waals surface area contributed by atoms with Gasteiger partial charge in [-0.25, -0.2) is 0 Å². The van der Waals surface area contributed by atoms with Crippen LogP contribution in [0.2, 0.25) is 0 Å². The molecule has 2 heteroatoms. The third-order valence-corrected chi connectivity index (χ3v) is 1.95. The second-order valence-electron chi connectivity index (χ2n) is 3.19. The summed E-state index contributed by atoms with van der Waals surface area (Å²) in [5.74, 6) is 0.505. The summed E-state index contributed by atoms with van der Waals surface area (Å²) in [5, 5.41) is 11.9. The van der Waals surface area contributed by atoms with Crippen molar-refractivity contribution in [1.82, 2.24) is 5.32 Å². The fourth-order valence-corrected chi connectivity index (χ4v) is 0.914. The minimum absolute atomic E-state index is 0.0713. The van der Waals surface area contributed by atoms with E-state index >= 15 is 0 Å². The lowest BCUT2D eigenvalue weighted by Crippen LogP contribution is -2.11. The molecule has 0 aliphatic heterocycles. The maximum Gasteiger partial charge on any atom is 0.108 e. The van der Waals surface area contributed by atoms with Gasteiger partial charge >= 0.3 is 0 Å². The summed E-state index contributed by atoms with van der Waals surface area (Å²) in [4.78, 5) is 0. The Morgan fingerprint density at radius 3 is 2.54 bits per heavy atom. The van der Waals surface area contributed by atoms with E-state index in [1.54, 1.807) is 6.08 Å². The highest BCUT2D eigenvalue weighted by molar-refractivity contribution is 5.22. The fourth-order valence-electron chi connectivity index (χ4n) is 0.914. The van der Waals surface area contributed by atoms with E-state index in [0.29, 0.717) is 5.92 Å². The first-order chi connectivity index (χ1) is 6.07. The quantitative estimate of drug-likeness (QED) is 0.487. The van der Waals surface area contributed by atoms with Gasteiger partial charge in [-0.1, -0.05) is 31.7 Å². The van der Waals surface area contributed by atoms with E-state index in [-0.39, 0.29) is 5.76 Å². The molecule has 0 aromatic rings. The van der Waals surface area contributed by atoms with E-state index in [9.17, 15) is 0 Å². The lowest BCUT2D eigenvalue weighted by Gasteiger charge is -2.10. The second kappa shape index (κ2) is 6.49. The van der Waals surface area contributed by atoms with Gasteiger partial charge in [0, 0.05) is 0 Å². The summed E-state index contributed by atoms with van der Waals surface area (Å²) in [6.45, 7) is 10.4. The van der Waals surface area contributed by atoms with Crippen LogP contribution in [0.15, 0.2) is 36.6 Å². The van der Waals surface area contributed by atoms with Gasteiger partial charge in [0.25, 0.3) is 0 Å². The Labute approximate surface area is 80.7 Å². The molecule has 1 unspecified atom stereocenters. The number of hydrogen-bond donors (Lipinski definition) is 2. The van der Waals surface area contributed by atoms with Gasteiger partial charge < -0.3 is 10.4 Å². The van der Waals surface area contributed by atoms with E-state index in [1.807, 2.05) is 13.1 Å². The van der Waals surface area contributed by atoms with Gasteiger partial charge in [0.05, 0.1) is 0 Å². The number of aliphatic hydroxyl groups excluding tert-OH is 1. The number of hydrogen-bond acceptors (Lipinski definition) is 2. The molecule has 13 heavy (non-hydrogen) atoms. The first-order valence-corrected chi connectivity index (χ1v) is 4.47. The van der Waals surface area contributed by atoms with Crippen LogP contribution in [0.5, 0.6) is 0 Å². The normalized spacial score (nSPS) is 13.1. The molecule has 0 amide bonds. The van der Waals surface area contributed by atoms with E-state index in [1.165, 1.54) is 0 Å². The number of aliphatic hydroxyl groups is 1. The predicted octanol–water partition coefficient (Wildman–Crippen LogP) is 2.42. The topological polar surface area (TPSA) is 32.3 Å². The van der Waals surface area contributed by atoms with E-state index in [2.05, 4.69) is 25.4 Å². The third-order valence-electron chi connectivity index (χ3n) is 1.95. The van der Waals surface area contributed by atoms with Crippen LogP contribution < -0.4 is 5.32 Å². The van der Waals surface area contributed by atoms with Crippen molar-refractivity contribution in [2.75, 3.05) is 13.6 Å². The molecule has 0 fully saturated rings. The molecule has 2 nitrogen and oxygen atoms in total. The summed E-state index contributed by atoms with van der Waals surface area (Å²) in [5.41, 5.74) is 1.02. The van der Waals surface area contributed by atoms with Crippen molar-refractivity contribution in [2.45, 2.75) is 13.3 Å². The Hall–Kier alpha value is -1.02. The number of rotatable bonds is 6. The Morgan fingerprint density at radius 2 is 2.08 bits per heavy atom. The van der Waals surface area contributed by atoms with Crippen molar-refractivity contribution < 1.29 is 5.11 Å². The van der Waals surface area contributed by atoms with Crippen LogP contribution in [0.3, 0.4) is 0 Å². The monoisotopic (exact) mass is 181 g/mol. The molecular weight excluding hydrogens is 162 g/mol. The van der Waals surface area contributed by atoms with Crippen molar-refractivity contribution in [3.05, 3.63) is 36.6 Å². The summed E-state index contributed by atoms with van der Waals surface area (Å²) in [6.07, 6.45) is 4.43. The lowest BCUT2D eigenvalue weighted by atomic mass is 9.99.